The predicted molar refractivity (Wildman–Crippen MR) is 138 cm³/mol. The standard InChI is InChI=1S/C30H28N4O2/c31-16-18-4-6-26(24(33)11-18)35-28-3-1-2-23(29(28)36-27-7-5-19(17-32)12-25(27)34)30-13-20-8-21(14-30)10-22(9-20)15-30/h1-7,11-12,20-22H,8-10,13-15,33-34H2. The largest absolute Gasteiger partial charge is 0.451 e. The Kier molecular flexibility index (Phi) is 5.27. The Hall–Kier alpha value is -4.16. The van der Waals surface area contributed by atoms with E-state index in [0.717, 1.165) is 23.3 Å². The highest BCUT2D eigenvalue weighted by Crippen LogP contribution is 2.63. The second kappa shape index (κ2) is 8.50. The van der Waals surface area contributed by atoms with Crippen molar-refractivity contribution in [3.63, 3.8) is 0 Å². The molecule has 0 aromatic heterocycles. The molecule has 0 unspecified atom stereocenters. The van der Waals surface area contributed by atoms with E-state index in [2.05, 4.69) is 18.2 Å². The van der Waals surface area contributed by atoms with E-state index >= 15 is 0 Å². The minimum Gasteiger partial charge on any atom is -0.451 e. The summed E-state index contributed by atoms with van der Waals surface area (Å²) in [6, 6.07) is 20.4. The third-order valence-corrected chi connectivity index (χ3v) is 8.30. The van der Waals surface area contributed by atoms with Crippen LogP contribution in [-0.4, -0.2) is 0 Å². The van der Waals surface area contributed by atoms with Crippen LogP contribution in [-0.2, 0) is 5.41 Å². The molecule has 0 saturated heterocycles. The van der Waals surface area contributed by atoms with Crippen LogP contribution < -0.4 is 20.9 Å². The van der Waals surface area contributed by atoms with Gasteiger partial charge < -0.3 is 20.9 Å². The molecule has 4 fully saturated rings. The Balaban J connectivity index is 1.46. The van der Waals surface area contributed by atoms with Gasteiger partial charge in [0.05, 0.1) is 34.6 Å². The molecule has 0 heterocycles. The number of nitrogens with two attached hydrogens (primary N) is 2. The molecule has 4 bridgehead atoms. The summed E-state index contributed by atoms with van der Waals surface area (Å²) in [6.45, 7) is 0. The molecule has 6 nitrogen and oxygen atoms in total. The van der Waals surface area contributed by atoms with Gasteiger partial charge >= 0.3 is 0 Å². The van der Waals surface area contributed by atoms with Crippen molar-refractivity contribution in [3.8, 4) is 35.1 Å². The molecule has 3 aromatic rings. The molecule has 4 aliphatic rings. The number of benzene rings is 3. The van der Waals surface area contributed by atoms with E-state index in [-0.39, 0.29) is 5.41 Å². The fourth-order valence-corrected chi connectivity index (χ4v) is 7.21. The van der Waals surface area contributed by atoms with Crippen LogP contribution >= 0.6 is 0 Å². The summed E-state index contributed by atoms with van der Waals surface area (Å²) in [6.07, 6.45) is 7.53. The zero-order chi connectivity index (χ0) is 24.9. The van der Waals surface area contributed by atoms with E-state index in [1.54, 1.807) is 36.4 Å². The molecule has 0 amide bonds. The van der Waals surface area contributed by atoms with Crippen molar-refractivity contribution in [1.82, 2.24) is 0 Å². The van der Waals surface area contributed by atoms with Crippen molar-refractivity contribution in [1.29, 1.82) is 10.5 Å². The van der Waals surface area contributed by atoms with Crippen molar-refractivity contribution in [2.45, 2.75) is 43.9 Å². The van der Waals surface area contributed by atoms with Crippen LogP contribution in [0.3, 0.4) is 0 Å². The Morgan fingerprint density at radius 3 is 1.72 bits per heavy atom. The van der Waals surface area contributed by atoms with Crippen LogP contribution in [0, 0.1) is 40.4 Å². The van der Waals surface area contributed by atoms with Crippen molar-refractivity contribution < 1.29 is 9.47 Å². The highest BCUT2D eigenvalue weighted by molar-refractivity contribution is 5.63. The fourth-order valence-electron chi connectivity index (χ4n) is 7.21. The van der Waals surface area contributed by atoms with Crippen LogP contribution in [0.15, 0.2) is 54.6 Å². The minimum atomic E-state index is 0.0566. The predicted octanol–water partition coefficient (Wildman–Crippen LogP) is 6.65. The smallest absolute Gasteiger partial charge is 0.173 e. The molecule has 7 rings (SSSR count). The number of anilines is 2. The fraction of sp³-hybridized carbons (Fsp3) is 0.333. The number of hydrogen-bond acceptors (Lipinski definition) is 6. The second-order valence-electron chi connectivity index (χ2n) is 10.8. The lowest BCUT2D eigenvalue weighted by Gasteiger charge is -2.57. The number of para-hydroxylation sites is 1. The number of nitriles is 2. The van der Waals surface area contributed by atoms with Crippen molar-refractivity contribution >= 4 is 11.4 Å². The summed E-state index contributed by atoms with van der Waals surface area (Å²) in [4.78, 5) is 0. The first-order valence-electron chi connectivity index (χ1n) is 12.5. The number of hydrogen-bond donors (Lipinski definition) is 2. The quantitative estimate of drug-likeness (QED) is 0.398. The molecule has 3 aromatic carbocycles. The Morgan fingerprint density at radius 2 is 1.22 bits per heavy atom. The number of rotatable bonds is 5. The van der Waals surface area contributed by atoms with Gasteiger partial charge in [-0.1, -0.05) is 12.1 Å². The van der Waals surface area contributed by atoms with E-state index < -0.39 is 0 Å². The molecule has 0 spiro atoms. The third-order valence-electron chi connectivity index (χ3n) is 8.30. The number of ether oxygens (including phenoxy) is 2. The summed E-state index contributed by atoms with van der Waals surface area (Å²) in [7, 11) is 0. The second-order valence-corrected chi connectivity index (χ2v) is 10.8. The SMILES string of the molecule is N#Cc1ccc(Oc2cccc(C34CC5CC(CC(C5)C3)C4)c2Oc2ccc(C#N)cc2N)c(N)c1. The average Bonchev–Trinajstić information content (AvgIpc) is 2.86. The summed E-state index contributed by atoms with van der Waals surface area (Å²) < 4.78 is 12.9. The normalized spacial score (nSPS) is 25.7. The summed E-state index contributed by atoms with van der Waals surface area (Å²) in [5.74, 6) is 4.47. The topological polar surface area (TPSA) is 118 Å². The van der Waals surface area contributed by atoms with E-state index in [4.69, 9.17) is 20.9 Å². The van der Waals surface area contributed by atoms with Gasteiger partial charge in [0.2, 0.25) is 0 Å². The maximum atomic E-state index is 9.26. The monoisotopic (exact) mass is 476 g/mol. The van der Waals surface area contributed by atoms with Gasteiger partial charge in [0.15, 0.2) is 23.0 Å². The van der Waals surface area contributed by atoms with Crippen molar-refractivity contribution in [3.05, 3.63) is 71.3 Å². The maximum absolute atomic E-state index is 9.26. The lowest BCUT2D eigenvalue weighted by Crippen LogP contribution is -2.48. The number of nitrogens with zero attached hydrogens (tertiary/aromatic N) is 2. The molecular formula is C30H28N4O2. The molecule has 4 N–H and O–H groups in total. The molecule has 0 atom stereocenters. The maximum Gasteiger partial charge on any atom is 0.173 e. The zero-order valence-corrected chi connectivity index (χ0v) is 20.0. The van der Waals surface area contributed by atoms with Gasteiger partial charge in [-0.15, -0.1) is 0 Å². The first kappa shape index (κ1) is 22.3. The Morgan fingerprint density at radius 1 is 0.694 bits per heavy atom. The Labute approximate surface area is 211 Å². The molecule has 6 heteroatoms. The average molecular weight is 477 g/mol. The molecule has 180 valence electrons. The van der Waals surface area contributed by atoms with Crippen LogP contribution in [0.2, 0.25) is 0 Å². The first-order chi connectivity index (χ1) is 17.5. The first-order valence-corrected chi connectivity index (χ1v) is 12.5. The van der Waals surface area contributed by atoms with Gasteiger partial charge in [-0.2, -0.15) is 10.5 Å². The van der Waals surface area contributed by atoms with E-state index in [9.17, 15) is 10.5 Å². The van der Waals surface area contributed by atoms with Crippen molar-refractivity contribution in [2.75, 3.05) is 11.5 Å². The number of nitrogen functional groups attached to an aromatic ring is 2. The van der Waals surface area contributed by atoms with E-state index in [1.807, 2.05) is 12.1 Å². The molecule has 4 aliphatic carbocycles. The minimum absolute atomic E-state index is 0.0566. The highest BCUT2D eigenvalue weighted by atomic mass is 16.5. The zero-order valence-electron chi connectivity index (χ0n) is 20.0. The molecule has 0 aliphatic heterocycles. The van der Waals surface area contributed by atoms with Gasteiger partial charge in [0, 0.05) is 5.56 Å². The lowest BCUT2D eigenvalue weighted by molar-refractivity contribution is -0.00608. The lowest BCUT2D eigenvalue weighted by atomic mass is 9.48. The van der Waals surface area contributed by atoms with Crippen LogP contribution in [0.5, 0.6) is 23.0 Å². The van der Waals surface area contributed by atoms with Crippen LogP contribution in [0.25, 0.3) is 0 Å². The van der Waals surface area contributed by atoms with Gasteiger partial charge in [-0.3, -0.25) is 0 Å². The molecular weight excluding hydrogens is 448 g/mol. The summed E-state index contributed by atoms with van der Waals surface area (Å²) in [5.41, 5.74) is 15.5. The van der Waals surface area contributed by atoms with Gasteiger partial charge in [0.25, 0.3) is 0 Å². The van der Waals surface area contributed by atoms with Crippen LogP contribution in [0.1, 0.15) is 55.2 Å². The third kappa shape index (κ3) is 3.80. The molecule has 36 heavy (non-hydrogen) atoms. The van der Waals surface area contributed by atoms with Gasteiger partial charge in [-0.05, 0) is 104 Å². The van der Waals surface area contributed by atoms with Crippen molar-refractivity contribution in [2.24, 2.45) is 17.8 Å². The van der Waals surface area contributed by atoms with Crippen LogP contribution in [0.4, 0.5) is 11.4 Å². The van der Waals surface area contributed by atoms with Gasteiger partial charge in [0.1, 0.15) is 0 Å². The molecule has 4 saturated carbocycles. The Bertz CT molecular complexity index is 1400. The molecule has 0 radical (unpaired) electrons. The summed E-state index contributed by atoms with van der Waals surface area (Å²) in [5, 5.41) is 18.5. The highest BCUT2D eigenvalue weighted by Gasteiger charge is 2.52. The summed E-state index contributed by atoms with van der Waals surface area (Å²) >= 11 is 0. The van der Waals surface area contributed by atoms with Gasteiger partial charge in [-0.25, -0.2) is 0 Å². The van der Waals surface area contributed by atoms with E-state index in [1.165, 1.54) is 38.5 Å². The van der Waals surface area contributed by atoms with E-state index in [0.29, 0.717) is 45.5 Å².